The maximum atomic E-state index is 11.9. The molecule has 0 aliphatic carbocycles. The van der Waals surface area contributed by atoms with Crippen molar-refractivity contribution in [3.8, 4) is 0 Å². The van der Waals surface area contributed by atoms with Crippen molar-refractivity contribution in [2.45, 2.75) is 45.8 Å². The van der Waals surface area contributed by atoms with Crippen LogP contribution in [0.25, 0.3) is 0 Å². The second-order valence-corrected chi connectivity index (χ2v) is 8.34. The Labute approximate surface area is 118 Å². The zero-order valence-corrected chi connectivity index (χ0v) is 12.8. The van der Waals surface area contributed by atoms with Crippen molar-refractivity contribution < 1.29 is 27.6 Å². The number of hydrogen-bond donors (Lipinski definition) is 0. The molecule has 1 atom stereocenters. The molecule has 0 N–H and O–H groups in total. The summed E-state index contributed by atoms with van der Waals surface area (Å²) < 4.78 is 23.4. The van der Waals surface area contributed by atoms with E-state index in [1.807, 2.05) is 0 Å². The largest absolute Gasteiger partial charge is 0.333 e. The van der Waals surface area contributed by atoms with Crippen LogP contribution in [0.2, 0.25) is 0 Å². The first-order valence-corrected chi connectivity index (χ1v) is 7.98. The Morgan fingerprint density at radius 2 is 1.90 bits per heavy atom. The zero-order chi connectivity index (χ0) is 15.7. The topological polar surface area (TPSA) is 97.8 Å². The Morgan fingerprint density at radius 1 is 1.35 bits per heavy atom. The predicted octanol–water partition coefficient (Wildman–Crippen LogP) is 0.443. The molecule has 0 spiro atoms. The molecule has 1 saturated heterocycles. The van der Waals surface area contributed by atoms with E-state index in [9.17, 15) is 22.8 Å². The van der Waals surface area contributed by atoms with Crippen LogP contribution in [0.5, 0.6) is 0 Å². The van der Waals surface area contributed by atoms with Gasteiger partial charge in [0.2, 0.25) is 0 Å². The standard InChI is InChI=1S/C12H19NO6S/c1-5-20(17,18)8-6-9(14)13(11(8)16)19-10(15)7-12(2,3)4/h8H,5-7H2,1-4H3. The van der Waals surface area contributed by atoms with Crippen molar-refractivity contribution in [3.63, 3.8) is 0 Å². The van der Waals surface area contributed by atoms with Crippen molar-refractivity contribution in [3.05, 3.63) is 0 Å². The quantitative estimate of drug-likeness (QED) is 0.699. The normalized spacial score (nSPS) is 20.4. The first-order chi connectivity index (χ1) is 8.98. The maximum absolute atomic E-state index is 11.9. The molecule has 1 rings (SSSR count). The van der Waals surface area contributed by atoms with Gasteiger partial charge in [0.15, 0.2) is 15.1 Å². The van der Waals surface area contributed by atoms with Gasteiger partial charge in [0, 0.05) is 5.75 Å². The lowest BCUT2D eigenvalue weighted by Gasteiger charge is -2.19. The minimum atomic E-state index is -3.69. The average Bonchev–Trinajstić information content (AvgIpc) is 2.55. The number of carbonyl (C=O) groups excluding carboxylic acids is 3. The smallest absolute Gasteiger partial charge is 0.330 e. The third kappa shape index (κ3) is 3.78. The van der Waals surface area contributed by atoms with Gasteiger partial charge >= 0.3 is 5.97 Å². The van der Waals surface area contributed by atoms with E-state index in [1.54, 1.807) is 20.8 Å². The van der Waals surface area contributed by atoms with Gasteiger partial charge in [-0.25, -0.2) is 13.2 Å². The molecule has 0 saturated carbocycles. The highest BCUT2D eigenvalue weighted by molar-refractivity contribution is 7.92. The highest BCUT2D eigenvalue weighted by Gasteiger charge is 2.48. The molecule has 8 heteroatoms. The van der Waals surface area contributed by atoms with Crippen LogP contribution in [0, 0.1) is 5.41 Å². The second kappa shape index (κ2) is 5.51. The summed E-state index contributed by atoms with van der Waals surface area (Å²) >= 11 is 0. The first-order valence-electron chi connectivity index (χ1n) is 6.27. The van der Waals surface area contributed by atoms with Crippen LogP contribution in [0.1, 0.15) is 40.5 Å². The van der Waals surface area contributed by atoms with E-state index in [-0.39, 0.29) is 22.7 Å². The fourth-order valence-electron chi connectivity index (χ4n) is 1.73. The molecule has 114 valence electrons. The van der Waals surface area contributed by atoms with E-state index in [0.717, 1.165) is 0 Å². The van der Waals surface area contributed by atoms with Crippen molar-refractivity contribution in [2.75, 3.05) is 5.75 Å². The van der Waals surface area contributed by atoms with Gasteiger partial charge in [-0.05, 0) is 5.41 Å². The molecule has 1 unspecified atom stereocenters. The Morgan fingerprint density at radius 3 is 2.35 bits per heavy atom. The van der Waals surface area contributed by atoms with Crippen molar-refractivity contribution in [2.24, 2.45) is 5.41 Å². The van der Waals surface area contributed by atoms with Gasteiger partial charge in [-0.3, -0.25) is 9.59 Å². The minimum Gasteiger partial charge on any atom is -0.330 e. The molecule has 0 aromatic heterocycles. The number of amides is 2. The van der Waals surface area contributed by atoms with Gasteiger partial charge in [0.05, 0.1) is 12.8 Å². The SMILES string of the molecule is CCS(=O)(=O)C1CC(=O)N(OC(=O)CC(C)(C)C)C1=O. The molecular formula is C12H19NO6S. The third-order valence-corrected chi connectivity index (χ3v) is 4.81. The number of nitrogens with zero attached hydrogens (tertiary/aromatic N) is 1. The molecule has 2 amide bonds. The monoisotopic (exact) mass is 305 g/mol. The molecule has 0 bridgehead atoms. The van der Waals surface area contributed by atoms with Gasteiger partial charge in [-0.2, -0.15) is 0 Å². The number of rotatable bonds is 4. The number of imide groups is 1. The van der Waals surface area contributed by atoms with Crippen LogP contribution in [-0.2, 0) is 29.1 Å². The molecule has 20 heavy (non-hydrogen) atoms. The maximum Gasteiger partial charge on any atom is 0.333 e. The molecule has 1 aliphatic heterocycles. The fraction of sp³-hybridized carbons (Fsp3) is 0.750. The van der Waals surface area contributed by atoms with E-state index >= 15 is 0 Å². The molecule has 1 fully saturated rings. The van der Waals surface area contributed by atoms with Gasteiger partial charge in [-0.15, -0.1) is 5.06 Å². The predicted molar refractivity (Wildman–Crippen MR) is 69.9 cm³/mol. The van der Waals surface area contributed by atoms with E-state index in [2.05, 4.69) is 0 Å². The van der Waals surface area contributed by atoms with Crippen LogP contribution in [0.3, 0.4) is 0 Å². The Hall–Kier alpha value is -1.44. The van der Waals surface area contributed by atoms with Crippen molar-refractivity contribution in [1.82, 2.24) is 5.06 Å². The Balaban J connectivity index is 2.81. The Bertz CT molecular complexity index is 531. The highest BCUT2D eigenvalue weighted by atomic mass is 32.2. The highest BCUT2D eigenvalue weighted by Crippen LogP contribution is 2.23. The van der Waals surface area contributed by atoms with Crippen LogP contribution < -0.4 is 0 Å². The second-order valence-electron chi connectivity index (χ2n) is 5.87. The fourth-order valence-corrected chi connectivity index (χ4v) is 2.93. The lowest BCUT2D eigenvalue weighted by molar-refractivity contribution is -0.198. The number of hydrogen-bond acceptors (Lipinski definition) is 6. The summed E-state index contributed by atoms with van der Waals surface area (Å²) in [5.41, 5.74) is -0.363. The summed E-state index contributed by atoms with van der Waals surface area (Å²) in [5, 5.41) is -1.16. The molecule has 0 aromatic rings. The summed E-state index contributed by atoms with van der Waals surface area (Å²) in [5.74, 6) is -2.78. The molecule has 1 aliphatic rings. The number of carbonyl (C=O) groups is 3. The first kappa shape index (κ1) is 16.6. The van der Waals surface area contributed by atoms with Crippen LogP contribution in [-0.4, -0.2) is 42.3 Å². The molecular weight excluding hydrogens is 286 g/mol. The minimum absolute atomic E-state index is 0.00918. The lowest BCUT2D eigenvalue weighted by atomic mass is 9.93. The summed E-state index contributed by atoms with van der Waals surface area (Å²) in [6.45, 7) is 6.78. The molecule has 0 radical (unpaired) electrons. The van der Waals surface area contributed by atoms with Gasteiger partial charge in [-0.1, -0.05) is 27.7 Å². The van der Waals surface area contributed by atoms with E-state index in [1.165, 1.54) is 6.92 Å². The average molecular weight is 305 g/mol. The van der Waals surface area contributed by atoms with Gasteiger partial charge < -0.3 is 4.84 Å². The van der Waals surface area contributed by atoms with E-state index < -0.39 is 39.3 Å². The van der Waals surface area contributed by atoms with Gasteiger partial charge in [0.25, 0.3) is 11.8 Å². The van der Waals surface area contributed by atoms with Crippen LogP contribution in [0.4, 0.5) is 0 Å². The summed E-state index contributed by atoms with van der Waals surface area (Å²) in [4.78, 5) is 39.8. The summed E-state index contributed by atoms with van der Waals surface area (Å²) in [6.07, 6.45) is -0.465. The summed E-state index contributed by atoms with van der Waals surface area (Å²) in [6, 6.07) is 0. The lowest BCUT2D eigenvalue weighted by Crippen LogP contribution is -2.37. The third-order valence-electron chi connectivity index (χ3n) is 2.77. The van der Waals surface area contributed by atoms with Crippen LogP contribution in [0.15, 0.2) is 0 Å². The summed E-state index contributed by atoms with van der Waals surface area (Å²) in [7, 11) is -3.69. The Kier molecular flexibility index (Phi) is 4.58. The van der Waals surface area contributed by atoms with Crippen LogP contribution >= 0.6 is 0 Å². The van der Waals surface area contributed by atoms with Crippen molar-refractivity contribution in [1.29, 1.82) is 0 Å². The molecule has 0 aromatic carbocycles. The molecule has 1 heterocycles. The van der Waals surface area contributed by atoms with E-state index in [0.29, 0.717) is 0 Å². The van der Waals surface area contributed by atoms with E-state index in [4.69, 9.17) is 4.84 Å². The zero-order valence-electron chi connectivity index (χ0n) is 12.0. The van der Waals surface area contributed by atoms with Gasteiger partial charge in [0.1, 0.15) is 0 Å². The van der Waals surface area contributed by atoms with Crippen molar-refractivity contribution >= 4 is 27.6 Å². The number of hydroxylamine groups is 2. The molecule has 7 nitrogen and oxygen atoms in total. The number of sulfone groups is 1.